The van der Waals surface area contributed by atoms with E-state index in [9.17, 15) is 9.90 Å². The fourth-order valence-electron chi connectivity index (χ4n) is 2.81. The molecule has 0 heterocycles. The summed E-state index contributed by atoms with van der Waals surface area (Å²) in [5, 5.41) is 24.2. The van der Waals surface area contributed by atoms with Crippen LogP contribution in [0.3, 0.4) is 0 Å². The molecule has 0 aromatic heterocycles. The van der Waals surface area contributed by atoms with Crippen LogP contribution in [0.15, 0.2) is 48.5 Å². The molecule has 0 unspecified atom stereocenters. The maximum absolute atomic E-state index is 12.2. The molecule has 0 bridgehead atoms. The standard InChI is InChI=1S/C18H17N3O3/c19-9-10-24-14-7-5-13(6-8-14)20-18(23)21-17-15-4-2-1-3-12(15)11-16(17)22/h1-8,16-17,22H,10-11H2,(H2,20,21,23)/t16-,17+/m0/s1. The molecule has 0 fully saturated rings. The van der Waals surface area contributed by atoms with Gasteiger partial charge in [-0.2, -0.15) is 5.26 Å². The zero-order valence-corrected chi connectivity index (χ0v) is 12.9. The van der Waals surface area contributed by atoms with Crippen LogP contribution < -0.4 is 15.4 Å². The zero-order valence-electron chi connectivity index (χ0n) is 12.9. The van der Waals surface area contributed by atoms with Gasteiger partial charge in [-0.25, -0.2) is 4.79 Å². The molecular formula is C18H17N3O3. The second kappa shape index (κ2) is 7.02. The lowest BCUT2D eigenvalue weighted by Crippen LogP contribution is -2.36. The minimum atomic E-state index is -0.630. The number of ether oxygens (including phenoxy) is 1. The fraction of sp³-hybridized carbons (Fsp3) is 0.222. The van der Waals surface area contributed by atoms with Crippen LogP contribution >= 0.6 is 0 Å². The normalized spacial score (nSPS) is 18.3. The van der Waals surface area contributed by atoms with Crippen LogP contribution in [-0.4, -0.2) is 23.8 Å². The van der Waals surface area contributed by atoms with Crippen molar-refractivity contribution in [2.75, 3.05) is 11.9 Å². The molecule has 1 aliphatic rings. The van der Waals surface area contributed by atoms with E-state index in [0.29, 0.717) is 17.9 Å². The highest BCUT2D eigenvalue weighted by molar-refractivity contribution is 5.89. The number of nitrogens with one attached hydrogen (secondary N) is 2. The van der Waals surface area contributed by atoms with Gasteiger partial charge in [0.2, 0.25) is 0 Å². The summed E-state index contributed by atoms with van der Waals surface area (Å²) in [7, 11) is 0. The predicted molar refractivity (Wildman–Crippen MR) is 88.6 cm³/mol. The number of carbonyl (C=O) groups excluding carboxylic acids is 1. The van der Waals surface area contributed by atoms with Gasteiger partial charge < -0.3 is 20.5 Å². The first kappa shape index (κ1) is 15.8. The lowest BCUT2D eigenvalue weighted by Gasteiger charge is -2.18. The highest BCUT2D eigenvalue weighted by Crippen LogP contribution is 2.31. The van der Waals surface area contributed by atoms with Crippen molar-refractivity contribution in [3.8, 4) is 11.8 Å². The Morgan fingerprint density at radius 3 is 2.75 bits per heavy atom. The van der Waals surface area contributed by atoms with Crippen LogP contribution in [0.2, 0.25) is 0 Å². The smallest absolute Gasteiger partial charge is 0.319 e. The monoisotopic (exact) mass is 323 g/mol. The third-order valence-corrected chi connectivity index (χ3v) is 3.91. The second-order valence-electron chi connectivity index (χ2n) is 5.52. The number of fused-ring (bicyclic) bond motifs is 1. The second-order valence-corrected chi connectivity index (χ2v) is 5.52. The maximum atomic E-state index is 12.2. The van der Waals surface area contributed by atoms with E-state index < -0.39 is 12.1 Å². The average molecular weight is 323 g/mol. The van der Waals surface area contributed by atoms with Crippen LogP contribution in [-0.2, 0) is 6.42 Å². The molecule has 0 aliphatic heterocycles. The van der Waals surface area contributed by atoms with E-state index in [0.717, 1.165) is 11.1 Å². The molecule has 2 aromatic carbocycles. The number of nitriles is 1. The molecule has 6 heteroatoms. The molecule has 24 heavy (non-hydrogen) atoms. The summed E-state index contributed by atoms with van der Waals surface area (Å²) in [4.78, 5) is 12.2. The third-order valence-electron chi connectivity index (χ3n) is 3.91. The summed E-state index contributed by atoms with van der Waals surface area (Å²) in [5.41, 5.74) is 2.59. The number of amides is 2. The first-order chi connectivity index (χ1) is 11.7. The Hall–Kier alpha value is -3.04. The van der Waals surface area contributed by atoms with Gasteiger partial charge in [0.05, 0.1) is 12.1 Å². The summed E-state index contributed by atoms with van der Waals surface area (Å²) in [6.45, 7) is -0.0216. The Morgan fingerprint density at radius 2 is 2.00 bits per heavy atom. The zero-order chi connectivity index (χ0) is 16.9. The molecule has 2 atom stereocenters. The molecule has 3 N–H and O–H groups in total. The molecular weight excluding hydrogens is 306 g/mol. The van der Waals surface area contributed by atoms with Gasteiger partial charge in [-0.1, -0.05) is 24.3 Å². The molecule has 2 aromatic rings. The van der Waals surface area contributed by atoms with Gasteiger partial charge in [0.25, 0.3) is 0 Å². The highest BCUT2D eigenvalue weighted by atomic mass is 16.5. The van der Waals surface area contributed by atoms with Crippen molar-refractivity contribution < 1.29 is 14.6 Å². The van der Waals surface area contributed by atoms with Crippen molar-refractivity contribution in [1.82, 2.24) is 5.32 Å². The SMILES string of the molecule is N#CCOc1ccc(NC(=O)N[C@@H]2c3ccccc3C[C@@H]2O)cc1. The Morgan fingerprint density at radius 1 is 1.25 bits per heavy atom. The average Bonchev–Trinajstić information content (AvgIpc) is 2.90. The summed E-state index contributed by atoms with van der Waals surface area (Å²) < 4.78 is 5.15. The minimum Gasteiger partial charge on any atom is -0.479 e. The highest BCUT2D eigenvalue weighted by Gasteiger charge is 2.31. The predicted octanol–water partition coefficient (Wildman–Crippen LogP) is 2.37. The Bertz CT molecular complexity index is 768. The summed E-state index contributed by atoms with van der Waals surface area (Å²) in [5.74, 6) is 0.558. The summed E-state index contributed by atoms with van der Waals surface area (Å²) in [6, 6.07) is 15.5. The van der Waals surface area contributed by atoms with Gasteiger partial charge in [-0.15, -0.1) is 0 Å². The Balaban J connectivity index is 1.61. The molecule has 3 rings (SSSR count). The van der Waals surface area contributed by atoms with Crippen LogP contribution in [0.4, 0.5) is 10.5 Å². The molecule has 2 amide bonds. The van der Waals surface area contributed by atoms with Crippen molar-refractivity contribution in [2.45, 2.75) is 18.6 Å². The van der Waals surface area contributed by atoms with Gasteiger partial charge in [-0.3, -0.25) is 0 Å². The molecule has 122 valence electrons. The maximum Gasteiger partial charge on any atom is 0.319 e. The van der Waals surface area contributed by atoms with Crippen molar-refractivity contribution in [2.24, 2.45) is 0 Å². The molecule has 0 radical (unpaired) electrons. The molecule has 0 spiro atoms. The number of nitrogens with zero attached hydrogens (tertiary/aromatic N) is 1. The topological polar surface area (TPSA) is 94.4 Å². The van der Waals surface area contributed by atoms with Crippen LogP contribution in [0, 0.1) is 11.3 Å². The first-order valence-corrected chi connectivity index (χ1v) is 7.60. The quantitative estimate of drug-likeness (QED) is 0.805. The third kappa shape index (κ3) is 3.47. The van der Waals surface area contributed by atoms with E-state index in [1.165, 1.54) is 0 Å². The Labute approximate surface area is 139 Å². The van der Waals surface area contributed by atoms with Crippen molar-refractivity contribution in [1.29, 1.82) is 5.26 Å². The number of urea groups is 1. The Kier molecular flexibility index (Phi) is 4.64. The van der Waals surface area contributed by atoms with Gasteiger partial charge in [0.15, 0.2) is 6.61 Å². The first-order valence-electron chi connectivity index (χ1n) is 7.60. The summed E-state index contributed by atoms with van der Waals surface area (Å²) in [6.07, 6.45) is -0.0959. The van der Waals surface area contributed by atoms with Crippen LogP contribution in [0.1, 0.15) is 17.2 Å². The lowest BCUT2D eigenvalue weighted by molar-refractivity contribution is 0.144. The largest absolute Gasteiger partial charge is 0.479 e. The molecule has 0 saturated heterocycles. The van der Waals surface area contributed by atoms with Gasteiger partial charge in [0, 0.05) is 12.1 Å². The van der Waals surface area contributed by atoms with Gasteiger partial charge in [0.1, 0.15) is 11.8 Å². The number of aliphatic hydroxyl groups is 1. The van der Waals surface area contributed by atoms with Gasteiger partial charge in [-0.05, 0) is 35.4 Å². The number of hydrogen-bond donors (Lipinski definition) is 3. The number of carbonyl (C=O) groups is 1. The molecule has 0 saturated carbocycles. The number of benzene rings is 2. The number of anilines is 1. The van der Waals surface area contributed by atoms with E-state index >= 15 is 0 Å². The van der Waals surface area contributed by atoms with Crippen LogP contribution in [0.25, 0.3) is 0 Å². The van der Waals surface area contributed by atoms with Crippen molar-refractivity contribution in [3.05, 3.63) is 59.7 Å². The van der Waals surface area contributed by atoms with Crippen LogP contribution in [0.5, 0.6) is 5.75 Å². The molecule has 1 aliphatic carbocycles. The van der Waals surface area contributed by atoms with E-state index in [4.69, 9.17) is 10.00 Å². The van der Waals surface area contributed by atoms with Crippen molar-refractivity contribution >= 4 is 11.7 Å². The van der Waals surface area contributed by atoms with Crippen molar-refractivity contribution in [3.63, 3.8) is 0 Å². The van der Waals surface area contributed by atoms with E-state index in [2.05, 4.69) is 10.6 Å². The van der Waals surface area contributed by atoms with Gasteiger partial charge >= 0.3 is 6.03 Å². The summed E-state index contributed by atoms with van der Waals surface area (Å²) >= 11 is 0. The van der Waals surface area contributed by atoms with E-state index in [1.54, 1.807) is 24.3 Å². The number of hydrogen-bond acceptors (Lipinski definition) is 4. The van der Waals surface area contributed by atoms with E-state index in [1.807, 2.05) is 30.3 Å². The lowest BCUT2D eigenvalue weighted by atomic mass is 10.1. The molecule has 6 nitrogen and oxygen atoms in total. The number of aliphatic hydroxyl groups excluding tert-OH is 1. The fourth-order valence-corrected chi connectivity index (χ4v) is 2.81. The minimum absolute atomic E-state index is 0.0216. The number of rotatable bonds is 4. The van der Waals surface area contributed by atoms with E-state index in [-0.39, 0.29) is 12.6 Å².